The second-order valence-corrected chi connectivity index (χ2v) is 9.54. The summed E-state index contributed by atoms with van der Waals surface area (Å²) in [6.45, 7) is 0. The fraction of sp³-hybridized carbons (Fsp3) is 0.0500. The monoisotopic (exact) mass is 466 g/mol. The lowest BCUT2D eigenvalue weighted by Crippen LogP contribution is -2.14. The minimum atomic E-state index is -3.64. The van der Waals surface area contributed by atoms with Crippen molar-refractivity contribution in [2.75, 3.05) is 15.8 Å². The number of anilines is 2. The molecule has 0 aliphatic heterocycles. The first-order valence-electron chi connectivity index (χ1n) is 8.38. The summed E-state index contributed by atoms with van der Waals surface area (Å²) in [6.07, 6.45) is 0. The molecule has 2 N–H and O–H groups in total. The van der Waals surface area contributed by atoms with Crippen LogP contribution in [0.2, 0.25) is 10.0 Å². The molecule has 0 atom stereocenters. The second-order valence-electron chi connectivity index (χ2n) is 5.94. The van der Waals surface area contributed by atoms with E-state index in [1.807, 2.05) is 0 Å². The minimum Gasteiger partial charge on any atom is -0.325 e. The normalized spacial score (nSPS) is 11.1. The SMILES string of the molecule is O=C(CSc1ccc(NS(=O)(=O)c2ccccc2)cc1)Nc1cc(Cl)cc(Cl)c1. The molecular formula is C20H16Cl2N2O3S2. The van der Waals surface area contributed by atoms with Crippen LogP contribution in [-0.2, 0) is 14.8 Å². The van der Waals surface area contributed by atoms with Crippen LogP contribution in [0.1, 0.15) is 0 Å². The van der Waals surface area contributed by atoms with Crippen molar-refractivity contribution in [1.29, 1.82) is 0 Å². The van der Waals surface area contributed by atoms with E-state index in [-0.39, 0.29) is 16.6 Å². The predicted molar refractivity (Wildman–Crippen MR) is 120 cm³/mol. The summed E-state index contributed by atoms with van der Waals surface area (Å²) >= 11 is 13.2. The molecular weight excluding hydrogens is 451 g/mol. The molecule has 0 radical (unpaired) electrons. The van der Waals surface area contributed by atoms with E-state index in [0.29, 0.717) is 21.4 Å². The molecule has 9 heteroatoms. The molecule has 3 rings (SSSR count). The average molecular weight is 467 g/mol. The van der Waals surface area contributed by atoms with Crippen molar-refractivity contribution in [3.8, 4) is 0 Å². The Balaban J connectivity index is 1.56. The zero-order valence-electron chi connectivity index (χ0n) is 14.9. The van der Waals surface area contributed by atoms with E-state index in [9.17, 15) is 13.2 Å². The number of hydrogen-bond donors (Lipinski definition) is 2. The van der Waals surface area contributed by atoms with Crippen LogP contribution in [0, 0.1) is 0 Å². The van der Waals surface area contributed by atoms with Crippen molar-refractivity contribution < 1.29 is 13.2 Å². The van der Waals surface area contributed by atoms with Gasteiger partial charge in [-0.2, -0.15) is 0 Å². The number of rotatable bonds is 7. The Bertz CT molecular complexity index is 1090. The molecule has 0 saturated carbocycles. The van der Waals surface area contributed by atoms with Gasteiger partial charge in [-0.25, -0.2) is 8.42 Å². The van der Waals surface area contributed by atoms with Gasteiger partial charge in [0.2, 0.25) is 5.91 Å². The Morgan fingerprint density at radius 3 is 2.10 bits per heavy atom. The van der Waals surface area contributed by atoms with Crippen molar-refractivity contribution in [3.05, 3.63) is 82.8 Å². The van der Waals surface area contributed by atoms with Gasteiger partial charge in [0.15, 0.2) is 0 Å². The summed E-state index contributed by atoms with van der Waals surface area (Å²) in [5, 5.41) is 3.61. The maximum absolute atomic E-state index is 12.3. The summed E-state index contributed by atoms with van der Waals surface area (Å²) in [5.74, 6) is -0.0265. The summed E-state index contributed by atoms with van der Waals surface area (Å²) < 4.78 is 27.2. The summed E-state index contributed by atoms with van der Waals surface area (Å²) in [6, 6.07) is 19.7. The van der Waals surface area contributed by atoms with Crippen molar-refractivity contribution in [2.45, 2.75) is 9.79 Å². The van der Waals surface area contributed by atoms with E-state index in [2.05, 4.69) is 10.0 Å². The number of carbonyl (C=O) groups excluding carboxylic acids is 1. The van der Waals surface area contributed by atoms with Gasteiger partial charge in [0.05, 0.1) is 10.6 Å². The zero-order chi connectivity index (χ0) is 20.9. The molecule has 0 bridgehead atoms. The highest BCUT2D eigenvalue weighted by molar-refractivity contribution is 8.00. The lowest BCUT2D eigenvalue weighted by atomic mass is 10.3. The molecule has 150 valence electrons. The molecule has 3 aromatic rings. The van der Waals surface area contributed by atoms with E-state index in [0.717, 1.165) is 4.90 Å². The fourth-order valence-electron chi connectivity index (χ4n) is 2.40. The third-order valence-corrected chi connectivity index (χ3v) is 6.52. The Morgan fingerprint density at radius 2 is 1.48 bits per heavy atom. The molecule has 0 unspecified atom stereocenters. The Hall–Kier alpha value is -2.19. The highest BCUT2D eigenvalue weighted by Crippen LogP contribution is 2.24. The Labute approximate surface area is 183 Å². The van der Waals surface area contributed by atoms with Crippen LogP contribution in [-0.4, -0.2) is 20.1 Å². The van der Waals surface area contributed by atoms with Crippen LogP contribution in [0.5, 0.6) is 0 Å². The van der Waals surface area contributed by atoms with Crippen molar-refractivity contribution in [3.63, 3.8) is 0 Å². The van der Waals surface area contributed by atoms with E-state index >= 15 is 0 Å². The molecule has 0 aliphatic rings. The Kier molecular flexibility index (Phi) is 7.08. The molecule has 0 aliphatic carbocycles. The number of carbonyl (C=O) groups is 1. The lowest BCUT2D eigenvalue weighted by molar-refractivity contribution is -0.113. The molecule has 0 spiro atoms. The third kappa shape index (κ3) is 6.40. The van der Waals surface area contributed by atoms with Crippen LogP contribution in [0.25, 0.3) is 0 Å². The van der Waals surface area contributed by atoms with Gasteiger partial charge in [0.1, 0.15) is 0 Å². The highest BCUT2D eigenvalue weighted by atomic mass is 35.5. The van der Waals surface area contributed by atoms with Gasteiger partial charge in [-0.15, -0.1) is 11.8 Å². The van der Waals surface area contributed by atoms with Gasteiger partial charge < -0.3 is 5.32 Å². The first kappa shape index (κ1) is 21.5. The van der Waals surface area contributed by atoms with Crippen LogP contribution in [0.3, 0.4) is 0 Å². The van der Waals surface area contributed by atoms with Gasteiger partial charge in [-0.1, -0.05) is 41.4 Å². The highest BCUT2D eigenvalue weighted by Gasteiger charge is 2.13. The lowest BCUT2D eigenvalue weighted by Gasteiger charge is -2.09. The molecule has 0 heterocycles. The second kappa shape index (κ2) is 9.54. The topological polar surface area (TPSA) is 75.3 Å². The predicted octanol–water partition coefficient (Wildman–Crippen LogP) is 5.53. The number of hydrogen-bond acceptors (Lipinski definition) is 4. The number of amides is 1. The van der Waals surface area contributed by atoms with Gasteiger partial charge in [-0.3, -0.25) is 9.52 Å². The summed E-state index contributed by atoms with van der Waals surface area (Å²) in [7, 11) is -3.64. The van der Waals surface area contributed by atoms with Gasteiger partial charge >= 0.3 is 0 Å². The first-order chi connectivity index (χ1) is 13.8. The zero-order valence-corrected chi connectivity index (χ0v) is 18.1. The maximum Gasteiger partial charge on any atom is 0.261 e. The average Bonchev–Trinajstić information content (AvgIpc) is 2.67. The minimum absolute atomic E-state index is 0.180. The quantitative estimate of drug-likeness (QED) is 0.449. The van der Waals surface area contributed by atoms with Crippen LogP contribution in [0.15, 0.2) is 82.6 Å². The van der Waals surface area contributed by atoms with Crippen molar-refractivity contribution in [1.82, 2.24) is 0 Å². The largest absolute Gasteiger partial charge is 0.325 e. The van der Waals surface area contributed by atoms with Gasteiger partial charge in [0.25, 0.3) is 10.0 Å². The summed E-state index contributed by atoms with van der Waals surface area (Å²) in [4.78, 5) is 13.1. The number of halogens is 2. The molecule has 5 nitrogen and oxygen atoms in total. The summed E-state index contributed by atoms with van der Waals surface area (Å²) in [5.41, 5.74) is 0.968. The standard InChI is InChI=1S/C20H16Cl2N2O3S2/c21-14-10-15(22)12-17(11-14)23-20(25)13-28-18-8-6-16(7-9-18)24-29(26,27)19-4-2-1-3-5-19/h1-12,24H,13H2,(H,23,25). The van der Waals surface area contributed by atoms with E-state index in [4.69, 9.17) is 23.2 Å². The van der Waals surface area contributed by atoms with Gasteiger partial charge in [0, 0.05) is 26.3 Å². The molecule has 0 fully saturated rings. The number of sulfonamides is 1. The van der Waals surface area contributed by atoms with E-state index in [1.165, 1.54) is 23.9 Å². The number of nitrogens with one attached hydrogen (secondary N) is 2. The third-order valence-electron chi connectivity index (χ3n) is 3.68. The van der Waals surface area contributed by atoms with Crippen LogP contribution in [0.4, 0.5) is 11.4 Å². The molecule has 0 aromatic heterocycles. The number of thioether (sulfide) groups is 1. The Morgan fingerprint density at radius 1 is 0.862 bits per heavy atom. The van der Waals surface area contributed by atoms with Crippen molar-refractivity contribution >= 4 is 62.3 Å². The smallest absolute Gasteiger partial charge is 0.261 e. The maximum atomic E-state index is 12.3. The van der Waals surface area contributed by atoms with Crippen LogP contribution < -0.4 is 10.0 Å². The fourth-order valence-corrected chi connectivity index (χ4v) is 4.71. The van der Waals surface area contributed by atoms with Crippen LogP contribution >= 0.6 is 35.0 Å². The van der Waals surface area contributed by atoms with E-state index < -0.39 is 10.0 Å². The first-order valence-corrected chi connectivity index (χ1v) is 11.6. The molecule has 29 heavy (non-hydrogen) atoms. The van der Waals surface area contributed by atoms with Gasteiger partial charge in [-0.05, 0) is 54.6 Å². The molecule has 1 amide bonds. The van der Waals surface area contributed by atoms with E-state index in [1.54, 1.807) is 60.7 Å². The molecule has 3 aromatic carbocycles. The van der Waals surface area contributed by atoms with Crippen molar-refractivity contribution in [2.24, 2.45) is 0 Å². The molecule has 0 saturated heterocycles. The number of benzene rings is 3.